The molecule has 28 heavy (non-hydrogen) atoms. The van der Waals surface area contributed by atoms with Crippen LogP contribution in [0.5, 0.6) is 17.2 Å². The van der Waals surface area contributed by atoms with Crippen molar-refractivity contribution in [3.63, 3.8) is 0 Å². The van der Waals surface area contributed by atoms with Crippen molar-refractivity contribution >= 4 is 24.0 Å². The molecule has 7 heteroatoms. The van der Waals surface area contributed by atoms with Crippen LogP contribution in [-0.4, -0.2) is 38.5 Å². The van der Waals surface area contributed by atoms with Gasteiger partial charge < -0.3 is 24.6 Å². The van der Waals surface area contributed by atoms with E-state index >= 15 is 0 Å². The molecule has 2 aromatic carbocycles. The lowest BCUT2D eigenvalue weighted by molar-refractivity contribution is 0.160. The Balaban J connectivity index is 0.00000392. The minimum Gasteiger partial charge on any atom is -0.493 e. The molecule has 2 rings (SSSR count). The lowest BCUT2D eigenvalue weighted by atomic mass is 9.93. The molecular formula is C21H29Cl2NO4. The van der Waals surface area contributed by atoms with E-state index in [0.717, 1.165) is 5.56 Å². The summed E-state index contributed by atoms with van der Waals surface area (Å²) in [6.07, 6.45) is -0.0172. The van der Waals surface area contributed by atoms with Gasteiger partial charge in [0.05, 0.1) is 27.4 Å². The molecule has 0 aliphatic rings. The van der Waals surface area contributed by atoms with Crippen LogP contribution in [0, 0.1) is 0 Å². The van der Waals surface area contributed by atoms with E-state index in [9.17, 15) is 5.11 Å². The number of methoxy groups -OCH3 is 3. The number of aliphatic hydroxyl groups excluding tert-OH is 1. The molecule has 2 N–H and O–H groups in total. The quantitative estimate of drug-likeness (QED) is 0.617. The summed E-state index contributed by atoms with van der Waals surface area (Å²) in [6.45, 7) is 4.53. The molecular weight excluding hydrogens is 401 g/mol. The molecule has 0 saturated heterocycles. The normalized spacial score (nSPS) is 12.1. The third kappa shape index (κ3) is 5.92. The third-order valence-corrected chi connectivity index (χ3v) is 4.80. The van der Waals surface area contributed by atoms with E-state index in [1.54, 1.807) is 27.4 Å². The minimum atomic E-state index is -0.690. The molecule has 5 nitrogen and oxygen atoms in total. The maximum absolute atomic E-state index is 10.5. The van der Waals surface area contributed by atoms with Gasteiger partial charge in [-0.25, -0.2) is 0 Å². The molecule has 0 heterocycles. The van der Waals surface area contributed by atoms with E-state index in [2.05, 4.69) is 19.2 Å². The van der Waals surface area contributed by atoms with Crippen LogP contribution in [0.1, 0.15) is 31.1 Å². The number of nitrogens with one attached hydrogen (secondary N) is 1. The Labute approximate surface area is 178 Å². The standard InChI is InChI=1S/C21H28ClNO4.ClH/c1-21(2,23-13-17(24)15-8-6-7-9-16(15)22)12-14-10-11-18(25-3)20(27-5)19(14)26-4;/h6-11,17,23-24H,12-13H2,1-5H3;1H. The van der Waals surface area contributed by atoms with Gasteiger partial charge in [-0.15, -0.1) is 12.4 Å². The van der Waals surface area contributed by atoms with Gasteiger partial charge in [-0.3, -0.25) is 0 Å². The van der Waals surface area contributed by atoms with Crippen LogP contribution in [0.2, 0.25) is 5.02 Å². The van der Waals surface area contributed by atoms with Crippen LogP contribution >= 0.6 is 24.0 Å². The smallest absolute Gasteiger partial charge is 0.203 e. The van der Waals surface area contributed by atoms with Crippen molar-refractivity contribution in [2.24, 2.45) is 0 Å². The monoisotopic (exact) mass is 429 g/mol. The molecule has 0 amide bonds. The summed E-state index contributed by atoms with van der Waals surface area (Å²) in [5.74, 6) is 1.85. The average Bonchev–Trinajstić information content (AvgIpc) is 2.65. The fourth-order valence-electron chi connectivity index (χ4n) is 3.07. The molecule has 1 atom stereocenters. The first-order chi connectivity index (χ1) is 12.8. The molecule has 0 fully saturated rings. The molecule has 0 saturated carbocycles. The zero-order valence-corrected chi connectivity index (χ0v) is 18.5. The van der Waals surface area contributed by atoms with Gasteiger partial charge >= 0.3 is 0 Å². The van der Waals surface area contributed by atoms with Gasteiger partial charge in [-0.05, 0) is 32.4 Å². The number of hydrogen-bond acceptors (Lipinski definition) is 5. The summed E-state index contributed by atoms with van der Waals surface area (Å²) < 4.78 is 16.4. The molecule has 1 unspecified atom stereocenters. The summed E-state index contributed by atoms with van der Waals surface area (Å²) in [6, 6.07) is 11.2. The van der Waals surface area contributed by atoms with Gasteiger partial charge in [0.15, 0.2) is 11.5 Å². The highest BCUT2D eigenvalue weighted by Crippen LogP contribution is 2.40. The number of ether oxygens (including phenoxy) is 3. The van der Waals surface area contributed by atoms with Crippen LogP contribution < -0.4 is 19.5 Å². The Bertz CT molecular complexity index is 768. The Morgan fingerprint density at radius 1 is 1.00 bits per heavy atom. The largest absolute Gasteiger partial charge is 0.493 e. The summed E-state index contributed by atoms with van der Waals surface area (Å²) >= 11 is 6.17. The lowest BCUT2D eigenvalue weighted by Gasteiger charge is -2.29. The topological polar surface area (TPSA) is 60.0 Å². The minimum absolute atomic E-state index is 0. The predicted molar refractivity (Wildman–Crippen MR) is 116 cm³/mol. The van der Waals surface area contributed by atoms with Crippen molar-refractivity contribution in [1.82, 2.24) is 5.32 Å². The van der Waals surface area contributed by atoms with Gasteiger partial charge in [0, 0.05) is 28.2 Å². The van der Waals surface area contributed by atoms with Crippen molar-refractivity contribution in [2.75, 3.05) is 27.9 Å². The second-order valence-electron chi connectivity index (χ2n) is 6.97. The van der Waals surface area contributed by atoms with Gasteiger partial charge in [0.25, 0.3) is 0 Å². The summed E-state index contributed by atoms with van der Waals surface area (Å²) in [7, 11) is 4.80. The number of aliphatic hydroxyl groups is 1. The summed E-state index contributed by atoms with van der Waals surface area (Å²) in [4.78, 5) is 0. The summed E-state index contributed by atoms with van der Waals surface area (Å²) in [5.41, 5.74) is 1.40. The maximum atomic E-state index is 10.5. The SMILES string of the molecule is COc1ccc(CC(C)(C)NCC(O)c2ccccc2Cl)c(OC)c1OC.Cl. The van der Waals surface area contributed by atoms with E-state index in [1.807, 2.05) is 30.3 Å². The maximum Gasteiger partial charge on any atom is 0.203 e. The first-order valence-corrected chi connectivity index (χ1v) is 9.16. The predicted octanol–water partition coefficient (Wildman–Crippen LogP) is 4.43. The third-order valence-electron chi connectivity index (χ3n) is 4.46. The fraction of sp³-hybridized carbons (Fsp3) is 0.429. The second kappa shape index (κ2) is 10.8. The second-order valence-corrected chi connectivity index (χ2v) is 7.38. The van der Waals surface area contributed by atoms with Crippen molar-refractivity contribution in [2.45, 2.75) is 31.9 Å². The van der Waals surface area contributed by atoms with Gasteiger partial charge in [-0.1, -0.05) is 35.9 Å². The van der Waals surface area contributed by atoms with Crippen LogP contribution in [0.4, 0.5) is 0 Å². The zero-order valence-electron chi connectivity index (χ0n) is 16.9. The Hall–Kier alpha value is -1.66. The van der Waals surface area contributed by atoms with Crippen LogP contribution in [0.3, 0.4) is 0 Å². The van der Waals surface area contributed by atoms with Crippen molar-refractivity contribution in [3.05, 3.63) is 52.5 Å². The molecule has 2 aromatic rings. The molecule has 0 aliphatic carbocycles. The van der Waals surface area contributed by atoms with Crippen molar-refractivity contribution < 1.29 is 19.3 Å². The number of hydrogen-bond donors (Lipinski definition) is 2. The first-order valence-electron chi connectivity index (χ1n) is 8.78. The highest BCUT2D eigenvalue weighted by Gasteiger charge is 2.24. The first kappa shape index (κ1) is 24.4. The van der Waals surface area contributed by atoms with E-state index in [1.165, 1.54) is 0 Å². The molecule has 0 aromatic heterocycles. The zero-order chi connectivity index (χ0) is 20.0. The van der Waals surface area contributed by atoms with E-state index in [0.29, 0.717) is 40.8 Å². The molecule has 0 aliphatic heterocycles. The molecule has 0 spiro atoms. The van der Waals surface area contributed by atoms with Gasteiger partial charge in [0.2, 0.25) is 5.75 Å². The lowest BCUT2D eigenvalue weighted by Crippen LogP contribution is -2.43. The van der Waals surface area contributed by atoms with E-state index < -0.39 is 6.10 Å². The Morgan fingerprint density at radius 2 is 1.64 bits per heavy atom. The number of β-amino-alcohol motifs (C(OH)–C–C–N with tert-alkyl or cyclic N) is 1. The van der Waals surface area contributed by atoms with Gasteiger partial charge in [0.1, 0.15) is 0 Å². The van der Waals surface area contributed by atoms with Crippen LogP contribution in [0.15, 0.2) is 36.4 Å². The van der Waals surface area contributed by atoms with Crippen LogP contribution in [-0.2, 0) is 6.42 Å². The number of halogens is 2. The Morgan fingerprint density at radius 3 is 2.21 bits per heavy atom. The van der Waals surface area contributed by atoms with Gasteiger partial charge in [-0.2, -0.15) is 0 Å². The number of rotatable bonds is 9. The van der Waals surface area contributed by atoms with E-state index in [4.69, 9.17) is 25.8 Å². The summed E-state index contributed by atoms with van der Waals surface area (Å²) in [5, 5.41) is 14.4. The molecule has 156 valence electrons. The average molecular weight is 430 g/mol. The molecule has 0 radical (unpaired) electrons. The number of benzene rings is 2. The van der Waals surface area contributed by atoms with E-state index in [-0.39, 0.29) is 17.9 Å². The highest BCUT2D eigenvalue weighted by atomic mass is 35.5. The van der Waals surface area contributed by atoms with Crippen molar-refractivity contribution in [1.29, 1.82) is 0 Å². The fourth-order valence-corrected chi connectivity index (χ4v) is 3.33. The highest BCUT2D eigenvalue weighted by molar-refractivity contribution is 6.31. The van der Waals surface area contributed by atoms with Crippen molar-refractivity contribution in [3.8, 4) is 17.2 Å². The Kier molecular flexibility index (Phi) is 9.37. The van der Waals surface area contributed by atoms with Crippen LogP contribution in [0.25, 0.3) is 0 Å². The molecule has 0 bridgehead atoms.